The quantitative estimate of drug-likeness (QED) is 0.618. The van der Waals surface area contributed by atoms with Crippen molar-refractivity contribution in [2.45, 2.75) is 45.9 Å². The lowest BCUT2D eigenvalue weighted by molar-refractivity contribution is -0.121. The Labute approximate surface area is 113 Å². The molecule has 0 saturated heterocycles. The number of nitrogens with two attached hydrogens (primary N) is 1. The van der Waals surface area contributed by atoms with E-state index in [0.29, 0.717) is 18.8 Å². The molecule has 0 atom stereocenters. The molecule has 3 N–H and O–H groups in total. The van der Waals surface area contributed by atoms with Gasteiger partial charge in [0.2, 0.25) is 5.91 Å². The summed E-state index contributed by atoms with van der Waals surface area (Å²) in [5.41, 5.74) is 6.09. The van der Waals surface area contributed by atoms with E-state index in [4.69, 9.17) is 10.5 Å². The van der Waals surface area contributed by atoms with E-state index in [0.717, 1.165) is 19.4 Å². The first-order valence-electron chi connectivity index (χ1n) is 6.59. The summed E-state index contributed by atoms with van der Waals surface area (Å²) in [7, 11) is 0. The predicted molar refractivity (Wildman–Crippen MR) is 71.2 cm³/mol. The molecular formula is C12H23N5O2. The Bertz CT molecular complexity index is 378. The maximum absolute atomic E-state index is 11.6. The highest BCUT2D eigenvalue weighted by molar-refractivity contribution is 5.75. The number of hydrogen-bond donors (Lipinski definition) is 2. The van der Waals surface area contributed by atoms with Gasteiger partial charge in [0, 0.05) is 19.7 Å². The number of nitrogens with zero attached hydrogens (tertiary/aromatic N) is 3. The molecule has 0 aliphatic rings. The van der Waals surface area contributed by atoms with Gasteiger partial charge in [-0.05, 0) is 26.7 Å². The van der Waals surface area contributed by atoms with Gasteiger partial charge in [0.05, 0.1) is 18.0 Å². The van der Waals surface area contributed by atoms with Crippen molar-refractivity contribution in [2.75, 3.05) is 13.2 Å². The first kappa shape index (κ1) is 15.6. The molecule has 0 fully saturated rings. The molecule has 1 aromatic heterocycles. The van der Waals surface area contributed by atoms with Gasteiger partial charge in [0.25, 0.3) is 0 Å². The minimum absolute atomic E-state index is 0.0711. The minimum Gasteiger partial charge on any atom is -0.379 e. The average Bonchev–Trinajstić information content (AvgIpc) is 2.81. The van der Waals surface area contributed by atoms with Crippen LogP contribution in [-0.4, -0.2) is 40.2 Å². The molecule has 0 saturated carbocycles. The van der Waals surface area contributed by atoms with Gasteiger partial charge in [0.1, 0.15) is 6.54 Å². The zero-order valence-electron chi connectivity index (χ0n) is 11.6. The average molecular weight is 269 g/mol. The molecule has 1 heterocycles. The highest BCUT2D eigenvalue weighted by Crippen LogP contribution is 1.94. The largest absolute Gasteiger partial charge is 0.379 e. The number of aromatic nitrogens is 3. The highest BCUT2D eigenvalue weighted by Gasteiger charge is 2.04. The van der Waals surface area contributed by atoms with Gasteiger partial charge >= 0.3 is 0 Å². The van der Waals surface area contributed by atoms with Crippen molar-refractivity contribution in [3.05, 3.63) is 11.9 Å². The third kappa shape index (κ3) is 6.88. The van der Waals surface area contributed by atoms with Gasteiger partial charge in [-0.1, -0.05) is 5.21 Å². The van der Waals surface area contributed by atoms with Crippen LogP contribution in [0.3, 0.4) is 0 Å². The topological polar surface area (TPSA) is 95.1 Å². The molecule has 0 aromatic carbocycles. The fourth-order valence-electron chi connectivity index (χ4n) is 1.49. The molecule has 0 spiro atoms. The van der Waals surface area contributed by atoms with Crippen molar-refractivity contribution in [1.82, 2.24) is 20.3 Å². The second-order valence-electron chi connectivity index (χ2n) is 4.59. The molecule has 1 aromatic rings. The van der Waals surface area contributed by atoms with Gasteiger partial charge in [-0.3, -0.25) is 4.79 Å². The fraction of sp³-hybridized carbons (Fsp3) is 0.750. The lowest BCUT2D eigenvalue weighted by Crippen LogP contribution is -2.28. The van der Waals surface area contributed by atoms with Gasteiger partial charge in [0.15, 0.2) is 0 Å². The summed E-state index contributed by atoms with van der Waals surface area (Å²) in [6.07, 6.45) is 3.79. The molecule has 1 rings (SSSR count). The first-order chi connectivity index (χ1) is 9.11. The van der Waals surface area contributed by atoms with Crippen LogP contribution in [0.2, 0.25) is 0 Å². The van der Waals surface area contributed by atoms with E-state index in [1.165, 1.54) is 4.68 Å². The molecule has 108 valence electrons. The summed E-state index contributed by atoms with van der Waals surface area (Å²) in [6.45, 7) is 5.91. The number of carbonyl (C=O) groups is 1. The summed E-state index contributed by atoms with van der Waals surface area (Å²) >= 11 is 0. The number of unbranched alkanes of at least 4 members (excludes halogenated alkanes) is 1. The molecule has 0 aliphatic carbocycles. The van der Waals surface area contributed by atoms with Gasteiger partial charge in [-0.25, -0.2) is 4.68 Å². The summed E-state index contributed by atoms with van der Waals surface area (Å²) < 4.78 is 6.90. The van der Waals surface area contributed by atoms with Crippen LogP contribution in [0.5, 0.6) is 0 Å². The molecular weight excluding hydrogens is 246 g/mol. The summed E-state index contributed by atoms with van der Waals surface area (Å²) in [5, 5.41) is 10.5. The Kier molecular flexibility index (Phi) is 7.06. The van der Waals surface area contributed by atoms with Crippen LogP contribution < -0.4 is 11.1 Å². The van der Waals surface area contributed by atoms with Crippen LogP contribution in [0, 0.1) is 0 Å². The molecule has 0 radical (unpaired) electrons. The summed E-state index contributed by atoms with van der Waals surface area (Å²) in [6, 6.07) is 0. The zero-order valence-corrected chi connectivity index (χ0v) is 11.6. The lowest BCUT2D eigenvalue weighted by Gasteiger charge is -2.07. The van der Waals surface area contributed by atoms with Crippen molar-refractivity contribution in [3.63, 3.8) is 0 Å². The third-order valence-electron chi connectivity index (χ3n) is 2.45. The maximum atomic E-state index is 11.6. The Hall–Kier alpha value is -1.47. The molecule has 0 unspecified atom stereocenters. The number of ether oxygens (including phenoxy) is 1. The fourth-order valence-corrected chi connectivity index (χ4v) is 1.49. The van der Waals surface area contributed by atoms with Crippen LogP contribution in [0.1, 0.15) is 32.4 Å². The van der Waals surface area contributed by atoms with Gasteiger partial charge in [-0.15, -0.1) is 5.10 Å². The van der Waals surface area contributed by atoms with Crippen LogP contribution in [-0.2, 0) is 22.6 Å². The van der Waals surface area contributed by atoms with E-state index < -0.39 is 0 Å². The van der Waals surface area contributed by atoms with Crippen molar-refractivity contribution < 1.29 is 9.53 Å². The lowest BCUT2D eigenvalue weighted by atomic mass is 10.3. The smallest absolute Gasteiger partial charge is 0.241 e. The second-order valence-corrected chi connectivity index (χ2v) is 4.59. The van der Waals surface area contributed by atoms with Crippen molar-refractivity contribution >= 4 is 5.91 Å². The maximum Gasteiger partial charge on any atom is 0.241 e. The zero-order chi connectivity index (χ0) is 14.1. The minimum atomic E-state index is -0.0711. The van der Waals surface area contributed by atoms with Crippen LogP contribution in [0.15, 0.2) is 6.20 Å². The third-order valence-corrected chi connectivity index (χ3v) is 2.45. The Morgan fingerprint density at radius 3 is 2.95 bits per heavy atom. The number of nitrogens with one attached hydrogen (secondary N) is 1. The molecule has 7 heteroatoms. The number of hydrogen-bond acceptors (Lipinski definition) is 5. The molecule has 0 aliphatic heterocycles. The van der Waals surface area contributed by atoms with E-state index in [-0.39, 0.29) is 18.6 Å². The van der Waals surface area contributed by atoms with Crippen LogP contribution in [0.25, 0.3) is 0 Å². The Morgan fingerprint density at radius 1 is 1.53 bits per heavy atom. The summed E-state index contributed by atoms with van der Waals surface area (Å²) in [5.74, 6) is -0.0711. The van der Waals surface area contributed by atoms with Crippen molar-refractivity contribution in [2.24, 2.45) is 5.73 Å². The monoisotopic (exact) mass is 269 g/mol. The molecule has 19 heavy (non-hydrogen) atoms. The SMILES string of the molecule is CC(C)OCCCCNC(=O)Cn1cc(CN)nn1. The van der Waals surface area contributed by atoms with E-state index in [9.17, 15) is 4.79 Å². The van der Waals surface area contributed by atoms with E-state index in [1.807, 2.05) is 13.8 Å². The highest BCUT2D eigenvalue weighted by atomic mass is 16.5. The van der Waals surface area contributed by atoms with Gasteiger partial charge < -0.3 is 15.8 Å². The number of rotatable bonds is 9. The first-order valence-corrected chi connectivity index (χ1v) is 6.59. The Balaban J connectivity index is 2.08. The molecule has 7 nitrogen and oxygen atoms in total. The standard InChI is InChI=1S/C12H23N5O2/c1-10(2)19-6-4-3-5-14-12(18)9-17-8-11(7-13)15-16-17/h8,10H,3-7,9,13H2,1-2H3,(H,14,18). The van der Waals surface area contributed by atoms with E-state index in [1.54, 1.807) is 6.20 Å². The molecule has 1 amide bonds. The predicted octanol–water partition coefficient (Wildman–Crippen LogP) is 0.0582. The van der Waals surface area contributed by atoms with Crippen molar-refractivity contribution in [3.8, 4) is 0 Å². The molecule has 0 bridgehead atoms. The number of amides is 1. The van der Waals surface area contributed by atoms with Gasteiger partial charge in [-0.2, -0.15) is 0 Å². The normalized spacial score (nSPS) is 10.9. The van der Waals surface area contributed by atoms with Crippen LogP contribution >= 0.6 is 0 Å². The van der Waals surface area contributed by atoms with Crippen molar-refractivity contribution in [1.29, 1.82) is 0 Å². The number of carbonyl (C=O) groups excluding carboxylic acids is 1. The van der Waals surface area contributed by atoms with Crippen LogP contribution in [0.4, 0.5) is 0 Å². The van der Waals surface area contributed by atoms with E-state index in [2.05, 4.69) is 15.6 Å². The summed E-state index contributed by atoms with van der Waals surface area (Å²) in [4.78, 5) is 11.6. The Morgan fingerprint density at radius 2 is 2.32 bits per heavy atom. The second kappa shape index (κ2) is 8.60. The van der Waals surface area contributed by atoms with E-state index >= 15 is 0 Å².